The van der Waals surface area contributed by atoms with E-state index in [1.807, 2.05) is 28.8 Å². The van der Waals surface area contributed by atoms with E-state index in [0.717, 1.165) is 17.1 Å². The molecule has 9 heteroatoms. The third kappa shape index (κ3) is 3.39. The molecule has 0 spiro atoms. The number of hydrogen-bond donors (Lipinski definition) is 0. The van der Waals surface area contributed by atoms with Gasteiger partial charge in [-0.25, -0.2) is 0 Å². The van der Waals surface area contributed by atoms with Crippen LogP contribution < -0.4 is 4.74 Å². The molecule has 0 fully saturated rings. The predicted octanol–water partition coefficient (Wildman–Crippen LogP) is 4.27. The molecule has 0 aliphatic rings. The Hall–Kier alpha value is -2.34. The zero-order valence-electron chi connectivity index (χ0n) is 13.1. The molecular formula is C16H12ClN5OS2. The minimum atomic E-state index is 0.203. The van der Waals surface area contributed by atoms with Crippen LogP contribution in [-0.2, 0) is 6.54 Å². The molecule has 0 saturated carbocycles. The highest BCUT2D eigenvalue weighted by molar-refractivity contribution is 8.01. The highest BCUT2D eigenvalue weighted by Crippen LogP contribution is 2.38. The Kier molecular flexibility index (Phi) is 5.38. The minimum Gasteiger partial charge on any atom is -0.496 e. The number of allylic oxidation sites excluding steroid dienone is 1. The summed E-state index contributed by atoms with van der Waals surface area (Å²) in [4.78, 5) is 0. The normalized spacial score (nSPS) is 10.4. The number of nitriles is 1. The van der Waals surface area contributed by atoms with E-state index in [4.69, 9.17) is 16.3 Å². The summed E-state index contributed by atoms with van der Waals surface area (Å²) >= 11 is 8.41. The number of rotatable bonds is 6. The number of nitrogens with zero attached hydrogens (tertiary/aromatic N) is 5. The van der Waals surface area contributed by atoms with Crippen molar-refractivity contribution in [1.82, 2.24) is 19.1 Å². The minimum absolute atomic E-state index is 0.203. The van der Waals surface area contributed by atoms with Crippen molar-refractivity contribution in [3.63, 3.8) is 0 Å². The topological polar surface area (TPSA) is 76.6 Å². The number of benzene rings is 1. The van der Waals surface area contributed by atoms with Gasteiger partial charge in [0.05, 0.1) is 12.7 Å². The van der Waals surface area contributed by atoms with Crippen molar-refractivity contribution in [3.8, 4) is 23.2 Å². The van der Waals surface area contributed by atoms with Gasteiger partial charge in [0.1, 0.15) is 21.6 Å². The molecule has 25 heavy (non-hydrogen) atoms. The molecule has 0 N–H and O–H groups in total. The SMILES string of the molecule is C=CCn1c(Sc2snc(Cl)c2C#N)nnc1-c1ccccc1OC. The lowest BCUT2D eigenvalue weighted by molar-refractivity contribution is 0.416. The Morgan fingerprint density at radius 1 is 1.44 bits per heavy atom. The van der Waals surface area contributed by atoms with Crippen LogP contribution >= 0.6 is 34.9 Å². The van der Waals surface area contributed by atoms with E-state index in [9.17, 15) is 5.26 Å². The average molecular weight is 390 g/mol. The zero-order chi connectivity index (χ0) is 17.8. The van der Waals surface area contributed by atoms with Crippen LogP contribution in [0.2, 0.25) is 5.15 Å². The van der Waals surface area contributed by atoms with E-state index >= 15 is 0 Å². The van der Waals surface area contributed by atoms with Gasteiger partial charge in [-0.2, -0.15) is 9.64 Å². The molecule has 2 heterocycles. The van der Waals surface area contributed by atoms with Gasteiger partial charge in [0.15, 0.2) is 16.1 Å². The highest BCUT2D eigenvalue weighted by atomic mass is 35.5. The Morgan fingerprint density at radius 3 is 2.96 bits per heavy atom. The van der Waals surface area contributed by atoms with Crippen LogP contribution in [0, 0.1) is 11.3 Å². The Bertz CT molecular complexity index is 960. The monoisotopic (exact) mass is 389 g/mol. The van der Waals surface area contributed by atoms with E-state index in [-0.39, 0.29) is 5.15 Å². The van der Waals surface area contributed by atoms with Crippen molar-refractivity contribution in [1.29, 1.82) is 5.26 Å². The molecule has 0 radical (unpaired) electrons. The number of aromatic nitrogens is 4. The van der Waals surface area contributed by atoms with Crippen molar-refractivity contribution in [2.24, 2.45) is 0 Å². The van der Waals surface area contributed by atoms with E-state index < -0.39 is 0 Å². The van der Waals surface area contributed by atoms with Crippen LogP contribution in [0.3, 0.4) is 0 Å². The van der Waals surface area contributed by atoms with Gasteiger partial charge >= 0.3 is 0 Å². The first-order valence-electron chi connectivity index (χ1n) is 7.10. The Morgan fingerprint density at radius 2 is 2.24 bits per heavy atom. The van der Waals surface area contributed by atoms with Crippen LogP contribution in [0.5, 0.6) is 5.75 Å². The van der Waals surface area contributed by atoms with Gasteiger partial charge in [0.25, 0.3) is 0 Å². The van der Waals surface area contributed by atoms with Crippen LogP contribution in [0.15, 0.2) is 46.3 Å². The van der Waals surface area contributed by atoms with Crippen LogP contribution in [0.25, 0.3) is 11.4 Å². The summed E-state index contributed by atoms with van der Waals surface area (Å²) in [7, 11) is 1.61. The Balaban J connectivity index is 2.06. The molecule has 0 bridgehead atoms. The number of halogens is 1. The third-order valence-electron chi connectivity index (χ3n) is 3.29. The third-order valence-corrected chi connectivity index (χ3v) is 5.66. The van der Waals surface area contributed by atoms with Crippen molar-refractivity contribution in [2.75, 3.05) is 7.11 Å². The van der Waals surface area contributed by atoms with E-state index in [0.29, 0.717) is 33.0 Å². The lowest BCUT2D eigenvalue weighted by Crippen LogP contribution is -2.01. The largest absolute Gasteiger partial charge is 0.496 e. The average Bonchev–Trinajstić information content (AvgIpc) is 3.19. The van der Waals surface area contributed by atoms with Crippen molar-refractivity contribution in [3.05, 3.63) is 47.6 Å². The molecule has 3 rings (SSSR count). The fraction of sp³-hybridized carbons (Fsp3) is 0.125. The van der Waals surface area contributed by atoms with Gasteiger partial charge in [0.2, 0.25) is 0 Å². The van der Waals surface area contributed by atoms with E-state index in [2.05, 4.69) is 27.2 Å². The molecule has 1 aromatic carbocycles. The molecular weight excluding hydrogens is 378 g/mol. The molecule has 0 aliphatic heterocycles. The molecule has 6 nitrogen and oxygen atoms in total. The summed E-state index contributed by atoms with van der Waals surface area (Å²) in [5.41, 5.74) is 1.18. The molecule has 0 atom stereocenters. The number of hydrogen-bond acceptors (Lipinski definition) is 7. The van der Waals surface area contributed by atoms with Gasteiger partial charge in [0, 0.05) is 6.54 Å². The van der Waals surface area contributed by atoms with Crippen LogP contribution in [0.4, 0.5) is 0 Å². The maximum Gasteiger partial charge on any atom is 0.197 e. The van der Waals surface area contributed by atoms with Crippen molar-refractivity contribution >= 4 is 34.9 Å². The standard InChI is InChI=1S/C16H12ClN5OS2/c1-3-8-22-14(10-6-4-5-7-12(10)23-2)19-20-16(22)24-15-11(9-18)13(17)21-25-15/h3-7H,1,8H2,2H3. The maximum atomic E-state index is 9.23. The lowest BCUT2D eigenvalue weighted by atomic mass is 10.2. The first-order valence-corrected chi connectivity index (χ1v) is 9.07. The fourth-order valence-corrected chi connectivity index (χ4v) is 4.28. The van der Waals surface area contributed by atoms with Crippen molar-refractivity contribution < 1.29 is 4.74 Å². The highest BCUT2D eigenvalue weighted by Gasteiger charge is 2.20. The predicted molar refractivity (Wildman–Crippen MR) is 98.2 cm³/mol. The smallest absolute Gasteiger partial charge is 0.197 e. The van der Waals surface area contributed by atoms with Crippen molar-refractivity contribution in [2.45, 2.75) is 15.9 Å². The van der Waals surface area contributed by atoms with E-state index in [1.165, 1.54) is 11.8 Å². The first kappa shape index (κ1) is 17.5. The van der Waals surface area contributed by atoms with Crippen LogP contribution in [0.1, 0.15) is 5.56 Å². The van der Waals surface area contributed by atoms with Gasteiger partial charge in [-0.05, 0) is 35.4 Å². The van der Waals surface area contributed by atoms with Gasteiger partial charge in [-0.15, -0.1) is 16.8 Å². The first-order chi connectivity index (χ1) is 12.2. The molecule has 0 aliphatic carbocycles. The second kappa shape index (κ2) is 7.70. The molecule has 0 amide bonds. The number of para-hydroxylation sites is 1. The van der Waals surface area contributed by atoms with Gasteiger partial charge in [-0.3, -0.25) is 4.57 Å². The summed E-state index contributed by atoms with van der Waals surface area (Å²) < 4.78 is 12.0. The Labute approximate surface area is 157 Å². The second-order valence-electron chi connectivity index (χ2n) is 4.76. The van der Waals surface area contributed by atoms with Gasteiger partial charge in [-0.1, -0.05) is 29.8 Å². The summed E-state index contributed by atoms with van der Waals surface area (Å²) in [5, 5.41) is 18.6. The summed E-state index contributed by atoms with van der Waals surface area (Å²) in [6.07, 6.45) is 1.76. The second-order valence-corrected chi connectivity index (χ2v) is 7.12. The summed E-state index contributed by atoms with van der Waals surface area (Å²) in [6.45, 7) is 4.31. The maximum absolute atomic E-state index is 9.23. The van der Waals surface area contributed by atoms with Crippen LogP contribution in [-0.4, -0.2) is 26.2 Å². The quantitative estimate of drug-likeness (QED) is 0.586. The molecule has 3 aromatic rings. The molecule has 2 aromatic heterocycles. The zero-order valence-corrected chi connectivity index (χ0v) is 15.5. The summed E-state index contributed by atoms with van der Waals surface area (Å²) in [5.74, 6) is 1.37. The molecule has 126 valence electrons. The number of methoxy groups -OCH3 is 1. The molecule has 0 saturated heterocycles. The van der Waals surface area contributed by atoms with Gasteiger partial charge < -0.3 is 4.74 Å². The lowest BCUT2D eigenvalue weighted by Gasteiger charge is -2.10. The molecule has 0 unspecified atom stereocenters. The summed E-state index contributed by atoms with van der Waals surface area (Å²) in [6, 6.07) is 9.66. The van der Waals surface area contributed by atoms with E-state index in [1.54, 1.807) is 13.2 Å². The fourth-order valence-electron chi connectivity index (χ4n) is 2.19. The number of ether oxygens (including phenoxy) is 1.